The number of aryl methyl sites for hydroxylation is 1. The number of nitriles is 1. The molecule has 0 aliphatic carbocycles. The first-order valence-electron chi connectivity index (χ1n) is 6.45. The highest BCUT2D eigenvalue weighted by molar-refractivity contribution is 5.47. The van der Waals surface area contributed by atoms with Crippen LogP contribution in [0.1, 0.15) is 22.3 Å². The third-order valence-corrected chi connectivity index (χ3v) is 3.11. The molecule has 0 fully saturated rings. The van der Waals surface area contributed by atoms with Crippen molar-refractivity contribution in [1.82, 2.24) is 0 Å². The second-order valence-electron chi connectivity index (χ2n) is 4.80. The Morgan fingerprint density at radius 2 is 1.91 bits per heavy atom. The molecule has 0 aliphatic rings. The molecule has 1 N–H and O–H groups in total. The zero-order chi connectivity index (χ0) is 17.2. The van der Waals surface area contributed by atoms with E-state index >= 15 is 0 Å². The fourth-order valence-electron chi connectivity index (χ4n) is 2.06. The maximum Gasteiger partial charge on any atom is 0.417 e. The van der Waals surface area contributed by atoms with Crippen molar-refractivity contribution in [3.05, 3.63) is 58.4 Å². The van der Waals surface area contributed by atoms with Gasteiger partial charge in [0.2, 0.25) is 0 Å². The number of ether oxygens (including phenoxy) is 1. The highest BCUT2D eigenvalue weighted by atomic mass is 19.4. The third kappa shape index (κ3) is 3.60. The van der Waals surface area contributed by atoms with Crippen LogP contribution in [0.15, 0.2) is 30.3 Å². The standard InChI is InChI=1S/C16H11F4NO2/c1-9-4-10(8-22)5-14(17)15(9)23-12-3-2-11(7-21)13(6-12)16(18,19)20/h2-6,22H,8H2,1H3. The zero-order valence-corrected chi connectivity index (χ0v) is 11.9. The summed E-state index contributed by atoms with van der Waals surface area (Å²) in [4.78, 5) is 0. The largest absolute Gasteiger partial charge is 0.454 e. The molecule has 0 atom stereocenters. The van der Waals surface area contributed by atoms with Crippen LogP contribution in [-0.4, -0.2) is 5.11 Å². The number of nitrogens with zero attached hydrogens (tertiary/aromatic N) is 1. The van der Waals surface area contributed by atoms with Gasteiger partial charge in [-0.25, -0.2) is 4.39 Å². The van der Waals surface area contributed by atoms with Crippen molar-refractivity contribution in [1.29, 1.82) is 5.26 Å². The minimum Gasteiger partial charge on any atom is -0.454 e. The van der Waals surface area contributed by atoms with E-state index in [0.717, 1.165) is 18.2 Å². The van der Waals surface area contributed by atoms with Gasteiger partial charge in [-0.1, -0.05) is 0 Å². The van der Waals surface area contributed by atoms with Crippen molar-refractivity contribution < 1.29 is 27.4 Å². The summed E-state index contributed by atoms with van der Waals surface area (Å²) < 4.78 is 57.9. The van der Waals surface area contributed by atoms with Gasteiger partial charge in [0.15, 0.2) is 11.6 Å². The van der Waals surface area contributed by atoms with Crippen LogP contribution in [0.5, 0.6) is 11.5 Å². The molecule has 2 rings (SSSR count). The normalized spacial score (nSPS) is 11.2. The summed E-state index contributed by atoms with van der Waals surface area (Å²) in [6, 6.07) is 6.73. The summed E-state index contributed by atoms with van der Waals surface area (Å²) in [5, 5.41) is 17.7. The van der Waals surface area contributed by atoms with Crippen molar-refractivity contribution in [2.45, 2.75) is 19.7 Å². The molecule has 7 heteroatoms. The van der Waals surface area contributed by atoms with Gasteiger partial charge in [-0.05, 0) is 48.4 Å². The van der Waals surface area contributed by atoms with E-state index in [9.17, 15) is 17.6 Å². The van der Waals surface area contributed by atoms with Gasteiger partial charge in [-0.3, -0.25) is 0 Å². The van der Waals surface area contributed by atoms with Gasteiger partial charge >= 0.3 is 6.18 Å². The Morgan fingerprint density at radius 3 is 2.43 bits per heavy atom. The maximum atomic E-state index is 14.0. The summed E-state index contributed by atoms with van der Waals surface area (Å²) in [6.07, 6.45) is -4.72. The average Bonchev–Trinajstić information content (AvgIpc) is 2.49. The van der Waals surface area contributed by atoms with Crippen LogP contribution in [0.25, 0.3) is 0 Å². The Hall–Kier alpha value is -2.59. The van der Waals surface area contributed by atoms with E-state index in [0.29, 0.717) is 17.2 Å². The van der Waals surface area contributed by atoms with Crippen LogP contribution in [-0.2, 0) is 12.8 Å². The van der Waals surface area contributed by atoms with Crippen LogP contribution in [0.2, 0.25) is 0 Å². The lowest BCUT2D eigenvalue weighted by Crippen LogP contribution is -2.08. The third-order valence-electron chi connectivity index (χ3n) is 3.11. The summed E-state index contributed by atoms with van der Waals surface area (Å²) in [6.45, 7) is 1.14. The highest BCUT2D eigenvalue weighted by Gasteiger charge is 2.34. The predicted molar refractivity (Wildman–Crippen MR) is 73.3 cm³/mol. The van der Waals surface area contributed by atoms with Gasteiger partial charge in [-0.2, -0.15) is 18.4 Å². The van der Waals surface area contributed by atoms with E-state index in [-0.39, 0.29) is 18.1 Å². The molecule has 2 aromatic carbocycles. The lowest BCUT2D eigenvalue weighted by Gasteiger charge is -2.14. The van der Waals surface area contributed by atoms with Crippen LogP contribution >= 0.6 is 0 Å². The maximum absolute atomic E-state index is 14.0. The molecule has 2 aromatic rings. The SMILES string of the molecule is Cc1cc(CO)cc(F)c1Oc1ccc(C#N)c(C(F)(F)F)c1. The van der Waals surface area contributed by atoms with Gasteiger partial charge in [0, 0.05) is 0 Å². The molecule has 0 aromatic heterocycles. The monoisotopic (exact) mass is 325 g/mol. The highest BCUT2D eigenvalue weighted by Crippen LogP contribution is 2.36. The molecule has 0 saturated heterocycles. The minimum absolute atomic E-state index is 0.236. The molecule has 0 aliphatic heterocycles. The fraction of sp³-hybridized carbons (Fsp3) is 0.188. The van der Waals surface area contributed by atoms with E-state index in [2.05, 4.69) is 0 Å². The lowest BCUT2D eigenvalue weighted by molar-refractivity contribution is -0.137. The lowest BCUT2D eigenvalue weighted by atomic mass is 10.1. The minimum atomic E-state index is -4.72. The topological polar surface area (TPSA) is 53.2 Å². The van der Waals surface area contributed by atoms with Gasteiger partial charge in [0.1, 0.15) is 5.75 Å². The number of aliphatic hydroxyl groups excluding tert-OH is 1. The summed E-state index contributed by atoms with van der Waals surface area (Å²) in [5.74, 6) is -1.28. The Balaban J connectivity index is 2.44. The molecule has 23 heavy (non-hydrogen) atoms. The number of halogens is 4. The van der Waals surface area contributed by atoms with Gasteiger partial charge in [-0.15, -0.1) is 0 Å². The van der Waals surface area contributed by atoms with E-state index in [1.807, 2.05) is 0 Å². The van der Waals surface area contributed by atoms with Crippen molar-refractivity contribution >= 4 is 0 Å². The summed E-state index contributed by atoms with van der Waals surface area (Å²) in [5.41, 5.74) is -1.05. The van der Waals surface area contributed by atoms with E-state index < -0.39 is 23.1 Å². The second kappa shape index (κ2) is 6.26. The molecule has 0 spiro atoms. The molecule has 0 radical (unpaired) electrons. The zero-order valence-electron chi connectivity index (χ0n) is 11.9. The Kier molecular flexibility index (Phi) is 4.57. The van der Waals surface area contributed by atoms with Crippen LogP contribution in [0, 0.1) is 24.1 Å². The van der Waals surface area contributed by atoms with E-state index in [1.165, 1.54) is 19.1 Å². The molecule has 0 bridgehead atoms. The Labute approximate surface area is 129 Å². The van der Waals surface area contributed by atoms with Gasteiger partial charge < -0.3 is 9.84 Å². The summed E-state index contributed by atoms with van der Waals surface area (Å²) >= 11 is 0. The van der Waals surface area contributed by atoms with Crippen molar-refractivity contribution in [2.75, 3.05) is 0 Å². The molecular weight excluding hydrogens is 314 g/mol. The quantitative estimate of drug-likeness (QED) is 0.856. The second-order valence-corrected chi connectivity index (χ2v) is 4.80. The molecular formula is C16H11F4NO2. The number of hydrogen-bond acceptors (Lipinski definition) is 3. The summed E-state index contributed by atoms with van der Waals surface area (Å²) in [7, 11) is 0. The number of benzene rings is 2. The number of hydrogen-bond donors (Lipinski definition) is 1. The van der Waals surface area contributed by atoms with Crippen LogP contribution in [0.3, 0.4) is 0 Å². The molecule has 0 saturated carbocycles. The van der Waals surface area contributed by atoms with Crippen LogP contribution < -0.4 is 4.74 Å². The van der Waals surface area contributed by atoms with E-state index in [4.69, 9.17) is 15.1 Å². The molecule has 0 heterocycles. The van der Waals surface area contributed by atoms with Crippen molar-refractivity contribution in [2.24, 2.45) is 0 Å². The smallest absolute Gasteiger partial charge is 0.417 e. The first kappa shape index (κ1) is 16.8. The first-order valence-corrected chi connectivity index (χ1v) is 6.45. The molecule has 3 nitrogen and oxygen atoms in total. The predicted octanol–water partition coefficient (Wildman–Crippen LogP) is 4.31. The number of rotatable bonds is 3. The number of alkyl halides is 3. The Bertz CT molecular complexity index is 756. The van der Waals surface area contributed by atoms with Gasteiger partial charge in [0.25, 0.3) is 0 Å². The number of aliphatic hydroxyl groups is 1. The van der Waals surface area contributed by atoms with E-state index in [1.54, 1.807) is 0 Å². The molecule has 120 valence electrons. The van der Waals surface area contributed by atoms with Crippen molar-refractivity contribution in [3.8, 4) is 17.6 Å². The fourth-order valence-corrected chi connectivity index (χ4v) is 2.06. The van der Waals surface area contributed by atoms with Crippen molar-refractivity contribution in [3.63, 3.8) is 0 Å². The molecule has 0 unspecified atom stereocenters. The molecule has 0 amide bonds. The average molecular weight is 325 g/mol. The first-order chi connectivity index (χ1) is 10.8. The van der Waals surface area contributed by atoms with Crippen LogP contribution in [0.4, 0.5) is 17.6 Å². The Morgan fingerprint density at radius 1 is 1.22 bits per heavy atom. The van der Waals surface area contributed by atoms with Gasteiger partial charge in [0.05, 0.1) is 23.8 Å².